The summed E-state index contributed by atoms with van der Waals surface area (Å²) in [6.45, 7) is 0.436. The zero-order valence-electron chi connectivity index (χ0n) is 17.8. The Balaban J connectivity index is 1.41. The lowest BCUT2D eigenvalue weighted by atomic mass is 9.99. The van der Waals surface area contributed by atoms with Crippen LogP contribution >= 0.6 is 0 Å². The Labute approximate surface area is 186 Å². The number of nitrogens with zero attached hydrogens (tertiary/aromatic N) is 8. The zero-order chi connectivity index (χ0) is 22.5. The molecule has 0 saturated heterocycles. The van der Waals surface area contributed by atoms with E-state index in [1.165, 1.54) is 0 Å². The van der Waals surface area contributed by atoms with Crippen molar-refractivity contribution >= 4 is 11.4 Å². The molecule has 0 unspecified atom stereocenters. The fourth-order valence-corrected chi connectivity index (χ4v) is 4.17. The molecule has 0 aromatic carbocycles. The molecule has 1 N–H and O–H groups in total. The first-order chi connectivity index (χ1) is 16.1. The molecule has 1 aliphatic heterocycles. The lowest BCUT2D eigenvalue weighted by molar-refractivity contribution is 0.0646. The Morgan fingerprint density at radius 1 is 1.24 bits per heavy atom. The number of methoxy groups -OCH3 is 1. The Bertz CT molecular complexity index is 1480. The van der Waals surface area contributed by atoms with Crippen molar-refractivity contribution in [3.63, 3.8) is 0 Å². The van der Waals surface area contributed by atoms with Gasteiger partial charge in [0, 0.05) is 38.1 Å². The van der Waals surface area contributed by atoms with Gasteiger partial charge in [0.15, 0.2) is 0 Å². The van der Waals surface area contributed by atoms with Crippen LogP contribution in [0.5, 0.6) is 5.75 Å². The van der Waals surface area contributed by atoms with Crippen LogP contribution < -0.4 is 4.74 Å². The first kappa shape index (κ1) is 19.2. The molecule has 166 valence electrons. The second kappa shape index (κ2) is 7.29. The lowest BCUT2D eigenvalue weighted by Crippen LogP contribution is -2.41. The van der Waals surface area contributed by atoms with Crippen molar-refractivity contribution < 1.29 is 13.9 Å². The predicted molar refractivity (Wildman–Crippen MR) is 113 cm³/mol. The number of aryl methyl sites for hydroxylation is 1. The molecule has 12 heteroatoms. The summed E-state index contributed by atoms with van der Waals surface area (Å²) in [7, 11) is 3.40. The van der Waals surface area contributed by atoms with Gasteiger partial charge in [0.1, 0.15) is 23.0 Å². The number of hydrogen-bond donors (Lipinski definition) is 1. The number of aromatic amines is 1. The van der Waals surface area contributed by atoms with Crippen molar-refractivity contribution in [3.8, 4) is 17.3 Å². The van der Waals surface area contributed by atoms with Crippen LogP contribution in [-0.2, 0) is 13.5 Å². The molecule has 0 spiro atoms. The van der Waals surface area contributed by atoms with Gasteiger partial charge in [0.25, 0.3) is 5.89 Å². The van der Waals surface area contributed by atoms with Gasteiger partial charge in [-0.3, -0.25) is 9.48 Å². The molecule has 0 saturated carbocycles. The summed E-state index contributed by atoms with van der Waals surface area (Å²) in [5, 5.41) is 17.0. The van der Waals surface area contributed by atoms with Crippen molar-refractivity contribution in [3.05, 3.63) is 66.0 Å². The Morgan fingerprint density at radius 3 is 2.97 bits per heavy atom. The van der Waals surface area contributed by atoms with Crippen LogP contribution in [0, 0.1) is 0 Å². The van der Waals surface area contributed by atoms with Crippen molar-refractivity contribution in [2.24, 2.45) is 7.05 Å². The largest absolute Gasteiger partial charge is 0.494 e. The molecule has 0 bridgehead atoms. The number of carbonyl (C=O) groups is 1. The van der Waals surface area contributed by atoms with Crippen LogP contribution in [-0.4, -0.2) is 64.0 Å². The molecule has 5 aromatic heterocycles. The minimum absolute atomic E-state index is 0.110. The number of fused-ring (bicyclic) bond motifs is 2. The SMILES string of the molecule is COc1cccn2nc([C@@H]3c4nc[nH]c4CCN3C(=O)c3nnc(-c4ccn(C)n4)o3)cc12. The summed E-state index contributed by atoms with van der Waals surface area (Å²) in [6.07, 6.45) is 5.85. The third kappa shape index (κ3) is 3.06. The van der Waals surface area contributed by atoms with Crippen LogP contribution in [0.1, 0.15) is 33.8 Å². The normalized spacial score (nSPS) is 15.7. The molecule has 12 nitrogen and oxygen atoms in total. The Hall–Kier alpha value is -4.48. The number of carbonyl (C=O) groups excluding carboxylic acids is 1. The maximum absolute atomic E-state index is 13.5. The quantitative estimate of drug-likeness (QED) is 0.441. The highest BCUT2D eigenvalue weighted by atomic mass is 16.5. The maximum atomic E-state index is 13.5. The average molecular weight is 445 g/mol. The highest BCUT2D eigenvalue weighted by Gasteiger charge is 2.38. The molecule has 0 aliphatic carbocycles. The number of pyridine rings is 1. The topological polar surface area (TPSA) is 132 Å². The van der Waals surface area contributed by atoms with Gasteiger partial charge in [-0.1, -0.05) is 0 Å². The number of aromatic nitrogens is 8. The molecule has 1 atom stereocenters. The minimum Gasteiger partial charge on any atom is -0.494 e. The second-order valence-electron chi connectivity index (χ2n) is 7.68. The average Bonchev–Trinajstić information content (AvgIpc) is 3.62. The number of nitrogens with one attached hydrogen (secondary N) is 1. The number of amides is 1. The van der Waals surface area contributed by atoms with Crippen molar-refractivity contribution in [1.29, 1.82) is 0 Å². The summed E-state index contributed by atoms with van der Waals surface area (Å²) in [4.78, 5) is 22.8. The smallest absolute Gasteiger partial charge is 0.312 e. The fourth-order valence-electron chi connectivity index (χ4n) is 4.17. The molecular formula is C21H19N9O3. The van der Waals surface area contributed by atoms with Gasteiger partial charge in [-0.2, -0.15) is 10.2 Å². The summed E-state index contributed by atoms with van der Waals surface area (Å²) >= 11 is 0. The lowest BCUT2D eigenvalue weighted by Gasteiger charge is -2.32. The van der Waals surface area contributed by atoms with Crippen LogP contribution in [0.4, 0.5) is 0 Å². The minimum atomic E-state index is -0.526. The number of H-pyrrole nitrogens is 1. The molecule has 1 amide bonds. The summed E-state index contributed by atoms with van der Waals surface area (Å²) < 4.78 is 14.5. The second-order valence-corrected chi connectivity index (χ2v) is 7.68. The van der Waals surface area contributed by atoms with Gasteiger partial charge >= 0.3 is 11.8 Å². The van der Waals surface area contributed by atoms with E-state index in [1.807, 2.05) is 24.4 Å². The maximum Gasteiger partial charge on any atom is 0.312 e. The molecule has 6 rings (SSSR count). The summed E-state index contributed by atoms with van der Waals surface area (Å²) in [5.41, 5.74) is 3.65. The highest BCUT2D eigenvalue weighted by Crippen LogP contribution is 2.35. The van der Waals surface area contributed by atoms with E-state index in [0.717, 1.165) is 16.9 Å². The predicted octanol–water partition coefficient (Wildman–Crippen LogP) is 1.64. The molecule has 0 radical (unpaired) electrons. The molecule has 6 heterocycles. The van der Waals surface area contributed by atoms with Gasteiger partial charge < -0.3 is 19.0 Å². The van der Waals surface area contributed by atoms with Crippen LogP contribution in [0.25, 0.3) is 17.1 Å². The van der Waals surface area contributed by atoms with Gasteiger partial charge in [-0.05, 0) is 24.3 Å². The van der Waals surface area contributed by atoms with E-state index in [-0.39, 0.29) is 11.8 Å². The fraction of sp³-hybridized carbons (Fsp3) is 0.238. The van der Waals surface area contributed by atoms with Crippen LogP contribution in [0.3, 0.4) is 0 Å². The monoisotopic (exact) mass is 445 g/mol. The van der Waals surface area contributed by atoms with Crippen molar-refractivity contribution in [2.75, 3.05) is 13.7 Å². The van der Waals surface area contributed by atoms with E-state index in [2.05, 4.69) is 25.3 Å². The highest BCUT2D eigenvalue weighted by molar-refractivity contribution is 5.90. The van der Waals surface area contributed by atoms with Crippen LogP contribution in [0.2, 0.25) is 0 Å². The molecule has 5 aromatic rings. The molecule has 33 heavy (non-hydrogen) atoms. The zero-order valence-corrected chi connectivity index (χ0v) is 17.8. The third-order valence-corrected chi connectivity index (χ3v) is 5.71. The summed E-state index contributed by atoms with van der Waals surface area (Å²) in [5.74, 6) is 0.364. The van der Waals surface area contributed by atoms with E-state index in [0.29, 0.717) is 30.1 Å². The van der Waals surface area contributed by atoms with Gasteiger partial charge in [0.05, 0.1) is 24.8 Å². The van der Waals surface area contributed by atoms with E-state index in [9.17, 15) is 4.79 Å². The van der Waals surface area contributed by atoms with Gasteiger partial charge in [0.2, 0.25) is 0 Å². The number of rotatable bonds is 4. The number of imidazole rings is 1. The first-order valence-electron chi connectivity index (χ1n) is 10.3. The number of hydrogen-bond acceptors (Lipinski definition) is 8. The molecule has 1 aliphatic rings. The van der Waals surface area contributed by atoms with E-state index in [1.54, 1.807) is 46.8 Å². The Kier molecular flexibility index (Phi) is 4.25. The molecular weight excluding hydrogens is 426 g/mol. The standard InChI is InChI=1S/C21H19N9O3/c1-28-8-5-13(26-28)19-24-25-20(33-19)21(31)29-9-6-12-17(23-11-22-12)18(29)14-10-15-16(32-2)4-3-7-30(15)27-14/h3-5,7-8,10-11,18H,6,9H2,1-2H3,(H,22,23)/t18-/m1/s1. The van der Waals surface area contributed by atoms with Crippen molar-refractivity contribution in [1.82, 2.24) is 44.5 Å². The van der Waals surface area contributed by atoms with Crippen LogP contribution in [0.15, 0.2) is 47.4 Å². The Morgan fingerprint density at radius 2 is 2.15 bits per heavy atom. The number of ether oxygens (including phenoxy) is 1. The van der Waals surface area contributed by atoms with E-state index < -0.39 is 11.9 Å². The van der Waals surface area contributed by atoms with E-state index in [4.69, 9.17) is 14.3 Å². The first-order valence-corrected chi connectivity index (χ1v) is 10.3. The third-order valence-electron chi connectivity index (χ3n) is 5.71. The van der Waals surface area contributed by atoms with Gasteiger partial charge in [-0.15, -0.1) is 10.2 Å². The summed E-state index contributed by atoms with van der Waals surface area (Å²) in [6, 6.07) is 6.83. The molecule has 0 fully saturated rings. The van der Waals surface area contributed by atoms with E-state index >= 15 is 0 Å². The van der Waals surface area contributed by atoms with Crippen molar-refractivity contribution in [2.45, 2.75) is 12.5 Å². The van der Waals surface area contributed by atoms with Gasteiger partial charge in [-0.25, -0.2) is 9.50 Å².